The van der Waals surface area contributed by atoms with Crippen LogP contribution in [0, 0.1) is 0 Å². The molecule has 110 valence electrons. The maximum absolute atomic E-state index is 11.7. The molecule has 2 rings (SSSR count). The van der Waals surface area contributed by atoms with Gasteiger partial charge in [0.2, 0.25) is 5.91 Å². The van der Waals surface area contributed by atoms with Gasteiger partial charge in [-0.05, 0) is 37.1 Å². The van der Waals surface area contributed by atoms with Crippen molar-refractivity contribution < 1.29 is 9.90 Å². The van der Waals surface area contributed by atoms with Crippen molar-refractivity contribution in [1.82, 2.24) is 5.32 Å². The zero-order chi connectivity index (χ0) is 14.3. The molecule has 1 saturated carbocycles. The van der Waals surface area contributed by atoms with Crippen molar-refractivity contribution in [3.8, 4) is 0 Å². The molecule has 0 radical (unpaired) electrons. The van der Waals surface area contributed by atoms with Gasteiger partial charge in [-0.25, -0.2) is 0 Å². The Hall–Kier alpha value is -1.00. The molecule has 0 heterocycles. The Bertz CT molecular complexity index is 416. The molecule has 1 aromatic carbocycles. The van der Waals surface area contributed by atoms with E-state index in [1.807, 2.05) is 18.2 Å². The Morgan fingerprint density at radius 1 is 1.25 bits per heavy atom. The van der Waals surface area contributed by atoms with Crippen LogP contribution >= 0.6 is 11.8 Å². The molecule has 1 aromatic rings. The van der Waals surface area contributed by atoms with Crippen LogP contribution in [0.15, 0.2) is 35.2 Å². The molecule has 0 aromatic heterocycles. The molecular weight excluding hydrogens is 270 g/mol. The van der Waals surface area contributed by atoms with E-state index in [1.54, 1.807) is 11.8 Å². The maximum Gasteiger partial charge on any atom is 0.220 e. The van der Waals surface area contributed by atoms with Gasteiger partial charge in [-0.2, -0.15) is 0 Å². The molecule has 1 amide bonds. The first kappa shape index (κ1) is 15.4. The van der Waals surface area contributed by atoms with E-state index in [9.17, 15) is 9.90 Å². The third-order valence-corrected chi connectivity index (χ3v) is 4.81. The molecule has 1 aliphatic rings. The standard InChI is InChI=1S/C16H23NO2S/c18-15(17-13-16(19)10-4-5-11-16)9-6-12-20-14-7-2-1-3-8-14/h1-3,7-8,19H,4-6,9-13H2,(H,17,18). The van der Waals surface area contributed by atoms with E-state index in [4.69, 9.17) is 0 Å². The average molecular weight is 293 g/mol. The Balaban J connectivity index is 1.56. The summed E-state index contributed by atoms with van der Waals surface area (Å²) in [6.07, 6.45) is 5.17. The van der Waals surface area contributed by atoms with Crippen LogP contribution in [0.3, 0.4) is 0 Å². The zero-order valence-electron chi connectivity index (χ0n) is 11.8. The van der Waals surface area contributed by atoms with E-state index in [0.717, 1.165) is 37.9 Å². The summed E-state index contributed by atoms with van der Waals surface area (Å²) in [5, 5.41) is 13.0. The van der Waals surface area contributed by atoms with E-state index in [1.165, 1.54) is 4.90 Å². The summed E-state index contributed by atoms with van der Waals surface area (Å²) in [4.78, 5) is 13.0. The molecular formula is C16H23NO2S. The maximum atomic E-state index is 11.7. The van der Waals surface area contributed by atoms with Gasteiger partial charge in [0, 0.05) is 17.9 Å². The highest BCUT2D eigenvalue weighted by molar-refractivity contribution is 7.99. The van der Waals surface area contributed by atoms with Crippen LogP contribution in [0.4, 0.5) is 0 Å². The molecule has 0 saturated heterocycles. The Kier molecular flexibility index (Phi) is 5.92. The second-order valence-electron chi connectivity index (χ2n) is 5.47. The molecule has 0 spiro atoms. The van der Waals surface area contributed by atoms with Crippen LogP contribution in [0.5, 0.6) is 0 Å². The van der Waals surface area contributed by atoms with Gasteiger partial charge in [0.05, 0.1) is 5.60 Å². The third kappa shape index (κ3) is 5.17. The van der Waals surface area contributed by atoms with E-state index in [-0.39, 0.29) is 5.91 Å². The Morgan fingerprint density at radius 3 is 2.65 bits per heavy atom. The van der Waals surface area contributed by atoms with Gasteiger partial charge in [0.1, 0.15) is 0 Å². The molecule has 1 fully saturated rings. The summed E-state index contributed by atoms with van der Waals surface area (Å²) in [5.41, 5.74) is -0.644. The van der Waals surface area contributed by atoms with Gasteiger partial charge < -0.3 is 10.4 Å². The van der Waals surface area contributed by atoms with Crippen molar-refractivity contribution >= 4 is 17.7 Å². The van der Waals surface area contributed by atoms with Crippen LogP contribution in [0.25, 0.3) is 0 Å². The number of hydrogen-bond donors (Lipinski definition) is 2. The lowest BCUT2D eigenvalue weighted by Crippen LogP contribution is -2.40. The molecule has 2 N–H and O–H groups in total. The first-order valence-corrected chi connectivity index (χ1v) is 8.33. The summed E-state index contributed by atoms with van der Waals surface area (Å²) in [6.45, 7) is 0.414. The van der Waals surface area contributed by atoms with Crippen LogP contribution < -0.4 is 5.32 Å². The van der Waals surface area contributed by atoms with Gasteiger partial charge in [-0.1, -0.05) is 31.0 Å². The third-order valence-electron chi connectivity index (χ3n) is 3.71. The molecule has 3 nitrogen and oxygen atoms in total. The monoisotopic (exact) mass is 293 g/mol. The van der Waals surface area contributed by atoms with Crippen LogP contribution in [0.1, 0.15) is 38.5 Å². The molecule has 0 bridgehead atoms. The molecule has 0 atom stereocenters. The predicted molar refractivity (Wildman–Crippen MR) is 82.8 cm³/mol. The largest absolute Gasteiger partial charge is 0.388 e. The Morgan fingerprint density at radius 2 is 1.95 bits per heavy atom. The molecule has 0 unspecified atom stereocenters. The van der Waals surface area contributed by atoms with E-state index >= 15 is 0 Å². The highest BCUT2D eigenvalue weighted by Crippen LogP contribution is 2.28. The predicted octanol–water partition coefficient (Wildman–Crippen LogP) is 2.98. The number of hydrogen-bond acceptors (Lipinski definition) is 3. The lowest BCUT2D eigenvalue weighted by molar-refractivity contribution is -0.122. The van der Waals surface area contributed by atoms with Crippen molar-refractivity contribution in [3.63, 3.8) is 0 Å². The molecule has 1 aliphatic carbocycles. The van der Waals surface area contributed by atoms with Gasteiger partial charge >= 0.3 is 0 Å². The van der Waals surface area contributed by atoms with Crippen molar-refractivity contribution in [3.05, 3.63) is 30.3 Å². The normalized spacial score (nSPS) is 17.1. The molecule has 20 heavy (non-hydrogen) atoms. The van der Waals surface area contributed by atoms with Gasteiger partial charge in [0.25, 0.3) is 0 Å². The van der Waals surface area contributed by atoms with E-state index in [0.29, 0.717) is 13.0 Å². The summed E-state index contributed by atoms with van der Waals surface area (Å²) in [5.74, 6) is 1.00. The summed E-state index contributed by atoms with van der Waals surface area (Å²) >= 11 is 1.78. The number of nitrogens with one attached hydrogen (secondary N) is 1. The van der Waals surface area contributed by atoms with Gasteiger partial charge in [-0.3, -0.25) is 4.79 Å². The van der Waals surface area contributed by atoms with E-state index in [2.05, 4.69) is 17.4 Å². The molecule has 0 aliphatic heterocycles. The quantitative estimate of drug-likeness (QED) is 0.600. The van der Waals surface area contributed by atoms with Crippen molar-refractivity contribution in [2.45, 2.75) is 49.0 Å². The fourth-order valence-electron chi connectivity index (χ4n) is 2.50. The number of carbonyl (C=O) groups is 1. The first-order chi connectivity index (χ1) is 9.68. The number of benzene rings is 1. The summed E-state index contributed by atoms with van der Waals surface area (Å²) < 4.78 is 0. The second-order valence-corrected chi connectivity index (χ2v) is 6.64. The van der Waals surface area contributed by atoms with Gasteiger partial charge in [-0.15, -0.1) is 11.8 Å². The zero-order valence-corrected chi connectivity index (χ0v) is 12.6. The minimum Gasteiger partial charge on any atom is -0.388 e. The highest BCUT2D eigenvalue weighted by atomic mass is 32.2. The second kappa shape index (κ2) is 7.70. The lowest BCUT2D eigenvalue weighted by atomic mass is 10.0. The topological polar surface area (TPSA) is 49.3 Å². The average Bonchev–Trinajstić information content (AvgIpc) is 2.90. The highest BCUT2D eigenvalue weighted by Gasteiger charge is 2.31. The first-order valence-electron chi connectivity index (χ1n) is 7.35. The number of amides is 1. The fraction of sp³-hybridized carbons (Fsp3) is 0.562. The fourth-order valence-corrected chi connectivity index (χ4v) is 3.37. The van der Waals surface area contributed by atoms with Crippen LogP contribution in [0.2, 0.25) is 0 Å². The number of carbonyl (C=O) groups excluding carboxylic acids is 1. The van der Waals surface area contributed by atoms with Crippen molar-refractivity contribution in [2.24, 2.45) is 0 Å². The van der Waals surface area contributed by atoms with Gasteiger partial charge in [0.15, 0.2) is 0 Å². The SMILES string of the molecule is O=C(CCCSc1ccccc1)NCC1(O)CCCC1. The van der Waals surface area contributed by atoms with Crippen LogP contribution in [-0.4, -0.2) is 28.9 Å². The summed E-state index contributed by atoms with van der Waals surface area (Å²) in [7, 11) is 0. The minimum absolute atomic E-state index is 0.0546. The van der Waals surface area contributed by atoms with Crippen molar-refractivity contribution in [1.29, 1.82) is 0 Å². The lowest BCUT2D eigenvalue weighted by Gasteiger charge is -2.22. The van der Waals surface area contributed by atoms with Crippen molar-refractivity contribution in [2.75, 3.05) is 12.3 Å². The number of rotatable bonds is 7. The smallest absolute Gasteiger partial charge is 0.220 e. The number of thioether (sulfide) groups is 1. The molecule has 4 heteroatoms. The summed E-state index contributed by atoms with van der Waals surface area (Å²) in [6, 6.07) is 10.2. The Labute approximate surface area is 125 Å². The minimum atomic E-state index is -0.644. The van der Waals surface area contributed by atoms with Crippen LogP contribution in [-0.2, 0) is 4.79 Å². The van der Waals surface area contributed by atoms with E-state index < -0.39 is 5.60 Å². The number of aliphatic hydroxyl groups is 1.